The van der Waals surface area contributed by atoms with E-state index in [9.17, 15) is 9.18 Å². The molecular formula is C17H19FN2O4. The van der Waals surface area contributed by atoms with Gasteiger partial charge < -0.3 is 24.8 Å². The number of ether oxygens (including phenoxy) is 3. The van der Waals surface area contributed by atoms with Crippen molar-refractivity contribution in [1.29, 1.82) is 0 Å². The van der Waals surface area contributed by atoms with E-state index in [0.717, 1.165) is 0 Å². The summed E-state index contributed by atoms with van der Waals surface area (Å²) in [4.78, 5) is 11.7. The van der Waals surface area contributed by atoms with Gasteiger partial charge >= 0.3 is 6.03 Å². The number of hydrogen-bond acceptors (Lipinski definition) is 4. The van der Waals surface area contributed by atoms with E-state index in [4.69, 9.17) is 14.2 Å². The topological polar surface area (TPSA) is 68.8 Å². The molecule has 0 unspecified atom stereocenters. The van der Waals surface area contributed by atoms with Gasteiger partial charge in [0.15, 0.2) is 0 Å². The first-order valence-corrected chi connectivity index (χ1v) is 7.27. The van der Waals surface area contributed by atoms with Crippen molar-refractivity contribution >= 4 is 11.7 Å². The van der Waals surface area contributed by atoms with Crippen LogP contribution in [0.3, 0.4) is 0 Å². The Morgan fingerprint density at radius 1 is 1.04 bits per heavy atom. The molecule has 0 radical (unpaired) electrons. The maximum absolute atomic E-state index is 13.0. The lowest BCUT2D eigenvalue weighted by Gasteiger charge is -2.11. The molecule has 6 nitrogen and oxygen atoms in total. The van der Waals surface area contributed by atoms with Gasteiger partial charge in [-0.1, -0.05) is 6.07 Å². The molecule has 0 spiro atoms. The molecule has 2 aromatic rings. The summed E-state index contributed by atoms with van der Waals surface area (Å²) in [7, 11) is 3.10. The van der Waals surface area contributed by atoms with Crippen molar-refractivity contribution in [1.82, 2.24) is 5.32 Å². The van der Waals surface area contributed by atoms with Crippen molar-refractivity contribution in [3.05, 3.63) is 48.3 Å². The minimum atomic E-state index is -0.438. The predicted octanol–water partition coefficient (Wildman–Crippen LogP) is 3.04. The average Bonchev–Trinajstić information content (AvgIpc) is 2.58. The third kappa shape index (κ3) is 5.35. The van der Waals surface area contributed by atoms with Gasteiger partial charge in [-0.15, -0.1) is 0 Å². The zero-order chi connectivity index (χ0) is 17.4. The molecule has 0 aliphatic heterocycles. The number of hydrogen-bond donors (Lipinski definition) is 2. The van der Waals surface area contributed by atoms with Crippen LogP contribution < -0.4 is 24.8 Å². The number of carbonyl (C=O) groups is 1. The molecule has 0 heterocycles. The van der Waals surface area contributed by atoms with Crippen LogP contribution >= 0.6 is 0 Å². The first-order valence-electron chi connectivity index (χ1n) is 7.27. The third-order valence-electron chi connectivity index (χ3n) is 3.06. The van der Waals surface area contributed by atoms with E-state index in [1.807, 2.05) is 0 Å². The summed E-state index contributed by atoms with van der Waals surface area (Å²) in [6, 6.07) is 10.4. The molecule has 0 bridgehead atoms. The van der Waals surface area contributed by atoms with Crippen molar-refractivity contribution in [3.63, 3.8) is 0 Å². The molecule has 0 fully saturated rings. The van der Waals surface area contributed by atoms with Crippen LogP contribution in [0.4, 0.5) is 14.9 Å². The Morgan fingerprint density at radius 2 is 1.71 bits per heavy atom. The van der Waals surface area contributed by atoms with Gasteiger partial charge in [0.05, 0.1) is 20.8 Å². The van der Waals surface area contributed by atoms with Gasteiger partial charge in [-0.05, 0) is 18.2 Å². The molecule has 0 saturated carbocycles. The van der Waals surface area contributed by atoms with Crippen LogP contribution in [0.1, 0.15) is 0 Å². The molecule has 2 N–H and O–H groups in total. The van der Waals surface area contributed by atoms with Crippen molar-refractivity contribution in [2.75, 3.05) is 32.7 Å². The average molecular weight is 334 g/mol. The van der Waals surface area contributed by atoms with E-state index in [1.54, 1.807) is 38.5 Å². The zero-order valence-corrected chi connectivity index (χ0v) is 13.5. The van der Waals surface area contributed by atoms with E-state index in [-0.39, 0.29) is 13.2 Å². The molecule has 0 aliphatic rings. The van der Waals surface area contributed by atoms with Crippen molar-refractivity contribution < 1.29 is 23.4 Å². The smallest absolute Gasteiger partial charge is 0.319 e. The number of nitrogens with one attached hydrogen (secondary N) is 2. The first-order chi connectivity index (χ1) is 11.6. The Bertz CT molecular complexity index is 672. The predicted molar refractivity (Wildman–Crippen MR) is 88.5 cm³/mol. The van der Waals surface area contributed by atoms with Gasteiger partial charge in [0, 0.05) is 23.9 Å². The van der Waals surface area contributed by atoms with Crippen LogP contribution in [-0.4, -0.2) is 33.4 Å². The molecule has 2 aromatic carbocycles. The number of amides is 2. The summed E-state index contributed by atoms with van der Waals surface area (Å²) >= 11 is 0. The highest BCUT2D eigenvalue weighted by Gasteiger charge is 2.04. The molecular weight excluding hydrogens is 315 g/mol. The van der Waals surface area contributed by atoms with Gasteiger partial charge in [0.25, 0.3) is 0 Å². The second-order valence-electron chi connectivity index (χ2n) is 4.79. The number of rotatable bonds is 7. The summed E-state index contributed by atoms with van der Waals surface area (Å²) in [6.07, 6.45) is 0. The van der Waals surface area contributed by atoms with Crippen molar-refractivity contribution in [3.8, 4) is 17.2 Å². The molecule has 2 amide bonds. The monoisotopic (exact) mass is 334 g/mol. The fourth-order valence-corrected chi connectivity index (χ4v) is 1.94. The highest BCUT2D eigenvalue weighted by atomic mass is 19.1. The van der Waals surface area contributed by atoms with Gasteiger partial charge in [-0.3, -0.25) is 0 Å². The normalized spacial score (nSPS) is 9.96. The molecule has 0 atom stereocenters. The maximum atomic E-state index is 13.0. The van der Waals surface area contributed by atoms with Crippen LogP contribution in [0.25, 0.3) is 0 Å². The number of methoxy groups -OCH3 is 2. The fraction of sp³-hybridized carbons (Fsp3) is 0.235. The number of carbonyl (C=O) groups excluding carboxylic acids is 1. The molecule has 0 aromatic heterocycles. The molecule has 128 valence electrons. The second-order valence-corrected chi connectivity index (χ2v) is 4.79. The summed E-state index contributed by atoms with van der Waals surface area (Å²) in [5.74, 6) is 1.38. The minimum Gasteiger partial charge on any atom is -0.496 e. The van der Waals surface area contributed by atoms with Gasteiger partial charge in [-0.2, -0.15) is 0 Å². The highest BCUT2D eigenvalue weighted by Crippen LogP contribution is 2.27. The standard InChI is InChI=1S/C17H19FN2O4/c1-22-14-9-15(23-2)11-16(10-14)24-7-6-19-17(21)20-13-5-3-4-12(18)8-13/h3-5,8-11H,6-7H2,1-2H3,(H2,19,20,21). The van der Waals surface area contributed by atoms with E-state index in [2.05, 4.69) is 10.6 Å². The van der Waals surface area contributed by atoms with Crippen LogP contribution in [-0.2, 0) is 0 Å². The quantitative estimate of drug-likeness (QED) is 0.764. The van der Waals surface area contributed by atoms with Gasteiger partial charge in [-0.25, -0.2) is 9.18 Å². The number of anilines is 1. The Labute approximate surface area is 139 Å². The van der Waals surface area contributed by atoms with Crippen LogP contribution in [0.2, 0.25) is 0 Å². The summed E-state index contributed by atoms with van der Waals surface area (Å²) in [5, 5.41) is 5.15. The molecule has 0 aliphatic carbocycles. The maximum Gasteiger partial charge on any atom is 0.319 e. The minimum absolute atomic E-state index is 0.257. The summed E-state index contributed by atoms with van der Waals surface area (Å²) < 4.78 is 28.9. The summed E-state index contributed by atoms with van der Waals surface area (Å²) in [6.45, 7) is 0.535. The van der Waals surface area contributed by atoms with E-state index >= 15 is 0 Å². The fourth-order valence-electron chi connectivity index (χ4n) is 1.94. The van der Waals surface area contributed by atoms with Crippen LogP contribution in [0.5, 0.6) is 17.2 Å². The third-order valence-corrected chi connectivity index (χ3v) is 3.06. The Hall–Kier alpha value is -2.96. The molecule has 2 rings (SSSR count). The van der Waals surface area contributed by atoms with E-state index in [0.29, 0.717) is 22.9 Å². The largest absolute Gasteiger partial charge is 0.496 e. The Balaban J connectivity index is 1.77. The van der Waals surface area contributed by atoms with Crippen molar-refractivity contribution in [2.45, 2.75) is 0 Å². The number of benzene rings is 2. The Kier molecular flexibility index (Phi) is 6.24. The summed E-state index contributed by atoms with van der Waals surface area (Å²) in [5.41, 5.74) is 0.381. The van der Waals surface area contributed by atoms with Crippen molar-refractivity contribution in [2.24, 2.45) is 0 Å². The number of urea groups is 1. The molecule has 24 heavy (non-hydrogen) atoms. The van der Waals surface area contributed by atoms with Gasteiger partial charge in [0.1, 0.15) is 29.7 Å². The van der Waals surface area contributed by atoms with Crippen LogP contribution in [0.15, 0.2) is 42.5 Å². The van der Waals surface area contributed by atoms with E-state index < -0.39 is 11.8 Å². The first kappa shape index (κ1) is 17.4. The molecule has 7 heteroatoms. The van der Waals surface area contributed by atoms with Gasteiger partial charge in [0.2, 0.25) is 0 Å². The lowest BCUT2D eigenvalue weighted by molar-refractivity contribution is 0.247. The van der Waals surface area contributed by atoms with E-state index in [1.165, 1.54) is 18.2 Å². The lowest BCUT2D eigenvalue weighted by atomic mass is 10.3. The second kappa shape index (κ2) is 8.61. The SMILES string of the molecule is COc1cc(OC)cc(OCCNC(=O)Nc2cccc(F)c2)c1. The molecule has 0 saturated heterocycles. The Morgan fingerprint density at radius 3 is 2.33 bits per heavy atom. The highest BCUT2D eigenvalue weighted by molar-refractivity contribution is 5.89. The zero-order valence-electron chi connectivity index (χ0n) is 13.5. The lowest BCUT2D eigenvalue weighted by Crippen LogP contribution is -2.32. The number of halogens is 1. The van der Waals surface area contributed by atoms with Crippen LogP contribution in [0, 0.1) is 5.82 Å².